The summed E-state index contributed by atoms with van der Waals surface area (Å²) >= 11 is 5.95. The lowest BCUT2D eigenvalue weighted by atomic mass is 10.2. The maximum Gasteiger partial charge on any atom is 0.416 e. The fourth-order valence-corrected chi connectivity index (χ4v) is 2.87. The molecule has 0 bridgehead atoms. The van der Waals surface area contributed by atoms with E-state index in [4.69, 9.17) is 16.3 Å². The van der Waals surface area contributed by atoms with Gasteiger partial charge >= 0.3 is 18.0 Å². The number of nitrogens with one attached hydrogen (secondary N) is 2. The number of alkyl halides is 3. The first-order chi connectivity index (χ1) is 16.1. The Hall–Kier alpha value is -3.92. The molecule has 3 aromatic rings. The summed E-state index contributed by atoms with van der Waals surface area (Å²) in [5.41, 5.74) is 1.59. The van der Waals surface area contributed by atoms with Crippen LogP contribution in [0.1, 0.15) is 16.7 Å². The third-order valence-electron chi connectivity index (χ3n) is 4.36. The zero-order chi connectivity index (χ0) is 24.7. The van der Waals surface area contributed by atoms with Gasteiger partial charge in [-0.15, -0.1) is 0 Å². The number of benzene rings is 3. The molecule has 0 heterocycles. The Kier molecular flexibility index (Phi) is 7.85. The van der Waals surface area contributed by atoms with Crippen molar-refractivity contribution in [3.05, 3.63) is 94.3 Å². The number of hydrogen-bond acceptors (Lipinski definition) is 4. The highest BCUT2D eigenvalue weighted by molar-refractivity contribution is 6.39. The minimum Gasteiger partial charge on any atom is -0.489 e. The number of anilines is 1. The van der Waals surface area contributed by atoms with Gasteiger partial charge in [0.1, 0.15) is 18.2 Å². The summed E-state index contributed by atoms with van der Waals surface area (Å²) < 4.78 is 57.5. The third kappa shape index (κ3) is 6.79. The molecule has 2 amide bonds. The zero-order valence-electron chi connectivity index (χ0n) is 17.2. The van der Waals surface area contributed by atoms with Crippen molar-refractivity contribution < 1.29 is 31.9 Å². The Morgan fingerprint density at radius 1 is 1.00 bits per heavy atom. The predicted octanol–water partition coefficient (Wildman–Crippen LogP) is 5.17. The number of halogens is 5. The highest BCUT2D eigenvalue weighted by atomic mass is 35.5. The van der Waals surface area contributed by atoms with Crippen LogP contribution in [-0.4, -0.2) is 18.0 Å². The van der Waals surface area contributed by atoms with Crippen LogP contribution in [0.5, 0.6) is 5.75 Å². The summed E-state index contributed by atoms with van der Waals surface area (Å²) in [4.78, 5) is 23.7. The Morgan fingerprint density at radius 2 is 1.71 bits per heavy atom. The van der Waals surface area contributed by atoms with Gasteiger partial charge < -0.3 is 10.1 Å². The normalized spacial score (nSPS) is 11.3. The van der Waals surface area contributed by atoms with Crippen molar-refractivity contribution in [1.82, 2.24) is 5.43 Å². The molecule has 34 heavy (non-hydrogen) atoms. The van der Waals surface area contributed by atoms with Crippen molar-refractivity contribution in [3.8, 4) is 5.75 Å². The molecule has 0 spiro atoms. The second-order valence-electron chi connectivity index (χ2n) is 6.79. The first-order valence-electron chi connectivity index (χ1n) is 9.61. The molecule has 3 rings (SSSR count). The Balaban J connectivity index is 1.51. The van der Waals surface area contributed by atoms with Crippen molar-refractivity contribution in [1.29, 1.82) is 0 Å². The molecule has 0 fully saturated rings. The van der Waals surface area contributed by atoms with Gasteiger partial charge in [-0.25, -0.2) is 9.82 Å². The summed E-state index contributed by atoms with van der Waals surface area (Å²) in [5, 5.41) is 5.95. The topological polar surface area (TPSA) is 79.8 Å². The summed E-state index contributed by atoms with van der Waals surface area (Å²) in [6.07, 6.45) is -3.34. The molecule has 0 saturated carbocycles. The minimum absolute atomic E-state index is 0.0734. The number of hydrogen-bond donors (Lipinski definition) is 2. The van der Waals surface area contributed by atoms with E-state index in [1.807, 2.05) is 5.43 Å². The second kappa shape index (κ2) is 10.8. The van der Waals surface area contributed by atoms with Crippen molar-refractivity contribution in [2.45, 2.75) is 12.8 Å². The van der Waals surface area contributed by atoms with Gasteiger partial charge in [-0.1, -0.05) is 23.7 Å². The first-order valence-corrected chi connectivity index (χ1v) is 9.98. The number of ether oxygens (including phenoxy) is 1. The van der Waals surface area contributed by atoms with Crippen LogP contribution in [0.15, 0.2) is 71.8 Å². The minimum atomic E-state index is -4.58. The lowest BCUT2D eigenvalue weighted by molar-refractivity contribution is -0.137. The number of hydrazone groups is 1. The molecule has 0 aromatic heterocycles. The maximum atomic E-state index is 13.8. The Labute approximate surface area is 196 Å². The summed E-state index contributed by atoms with van der Waals surface area (Å²) in [6.45, 7) is -0.0734. The highest BCUT2D eigenvalue weighted by Crippen LogP contribution is 2.30. The van der Waals surface area contributed by atoms with Gasteiger partial charge in [0.15, 0.2) is 0 Å². The van der Waals surface area contributed by atoms with Crippen molar-refractivity contribution >= 4 is 35.3 Å². The molecule has 0 aliphatic heterocycles. The summed E-state index contributed by atoms with van der Waals surface area (Å²) in [6, 6.07) is 14.5. The molecule has 0 radical (unpaired) electrons. The second-order valence-corrected chi connectivity index (χ2v) is 7.20. The van der Waals surface area contributed by atoms with E-state index in [-0.39, 0.29) is 22.9 Å². The van der Waals surface area contributed by atoms with Crippen molar-refractivity contribution in [3.63, 3.8) is 0 Å². The van der Waals surface area contributed by atoms with E-state index in [0.717, 1.165) is 12.1 Å². The van der Waals surface area contributed by atoms with Crippen LogP contribution in [0, 0.1) is 5.82 Å². The molecule has 3 aromatic carbocycles. The van der Waals surface area contributed by atoms with Crippen LogP contribution in [0.4, 0.5) is 23.2 Å². The van der Waals surface area contributed by atoms with Gasteiger partial charge in [-0.2, -0.15) is 18.3 Å². The van der Waals surface area contributed by atoms with E-state index >= 15 is 0 Å². The largest absolute Gasteiger partial charge is 0.489 e. The quantitative estimate of drug-likeness (QED) is 0.215. The van der Waals surface area contributed by atoms with Crippen molar-refractivity contribution in [2.24, 2.45) is 5.10 Å². The number of nitrogens with zero attached hydrogens (tertiary/aromatic N) is 1. The molecule has 0 atom stereocenters. The first kappa shape index (κ1) is 24.7. The number of carbonyl (C=O) groups excluding carboxylic acids is 2. The Morgan fingerprint density at radius 3 is 2.38 bits per heavy atom. The lowest BCUT2D eigenvalue weighted by Crippen LogP contribution is -2.32. The Bertz CT molecular complexity index is 1190. The molecular formula is C23H16ClF4N3O3. The van der Waals surface area contributed by atoms with Crippen LogP contribution in [0.2, 0.25) is 5.02 Å². The summed E-state index contributed by atoms with van der Waals surface area (Å²) in [7, 11) is 0. The van der Waals surface area contributed by atoms with E-state index in [1.54, 1.807) is 30.3 Å². The fraction of sp³-hybridized carbons (Fsp3) is 0.0870. The number of carbonyl (C=O) groups is 2. The van der Waals surface area contributed by atoms with Crippen LogP contribution in [0.3, 0.4) is 0 Å². The number of amides is 2. The van der Waals surface area contributed by atoms with Gasteiger partial charge in [0.25, 0.3) is 0 Å². The molecule has 11 heteroatoms. The molecule has 0 aliphatic carbocycles. The van der Waals surface area contributed by atoms with Crippen molar-refractivity contribution in [2.75, 3.05) is 5.32 Å². The molecule has 2 N–H and O–H groups in total. The van der Waals surface area contributed by atoms with E-state index in [9.17, 15) is 27.2 Å². The predicted molar refractivity (Wildman–Crippen MR) is 118 cm³/mol. The van der Waals surface area contributed by atoms with E-state index in [2.05, 4.69) is 10.4 Å². The standard InChI is InChI=1S/C23H16ClF4N3O3/c24-19-5-2-6-20(25)18(19)13-34-17-9-7-14(8-10-17)12-29-31-22(33)21(32)30-16-4-1-3-15(11-16)23(26,27)28/h1-12H,13H2,(H,30,32)(H,31,33). The van der Waals surface area contributed by atoms with Gasteiger partial charge in [0.2, 0.25) is 0 Å². The smallest absolute Gasteiger partial charge is 0.416 e. The fourth-order valence-electron chi connectivity index (χ4n) is 2.65. The third-order valence-corrected chi connectivity index (χ3v) is 4.71. The molecule has 0 unspecified atom stereocenters. The molecule has 0 aliphatic rings. The van der Waals surface area contributed by atoms with Gasteiger partial charge in [-0.3, -0.25) is 9.59 Å². The monoisotopic (exact) mass is 493 g/mol. The molecular weight excluding hydrogens is 478 g/mol. The average molecular weight is 494 g/mol. The van der Waals surface area contributed by atoms with Gasteiger partial charge in [-0.05, 0) is 60.2 Å². The van der Waals surface area contributed by atoms with Gasteiger partial charge in [0.05, 0.1) is 16.8 Å². The van der Waals surface area contributed by atoms with E-state index < -0.39 is 29.4 Å². The van der Waals surface area contributed by atoms with Crippen LogP contribution >= 0.6 is 11.6 Å². The lowest BCUT2D eigenvalue weighted by Gasteiger charge is -2.09. The number of rotatable bonds is 6. The van der Waals surface area contributed by atoms with E-state index in [0.29, 0.717) is 17.4 Å². The van der Waals surface area contributed by atoms with Crippen LogP contribution in [0.25, 0.3) is 0 Å². The highest BCUT2D eigenvalue weighted by Gasteiger charge is 2.30. The van der Waals surface area contributed by atoms with Gasteiger partial charge in [0, 0.05) is 11.3 Å². The average Bonchev–Trinajstić information content (AvgIpc) is 2.79. The van der Waals surface area contributed by atoms with Crippen LogP contribution < -0.4 is 15.5 Å². The SMILES string of the molecule is O=C(NN=Cc1ccc(OCc2c(F)cccc2Cl)cc1)C(=O)Nc1cccc(C(F)(F)F)c1. The molecule has 176 valence electrons. The van der Waals surface area contributed by atoms with E-state index in [1.165, 1.54) is 24.4 Å². The maximum absolute atomic E-state index is 13.8. The molecule has 0 saturated heterocycles. The zero-order valence-corrected chi connectivity index (χ0v) is 18.0. The summed E-state index contributed by atoms with van der Waals surface area (Å²) in [5.74, 6) is -2.41. The molecule has 6 nitrogen and oxygen atoms in total. The van der Waals surface area contributed by atoms with Crippen LogP contribution in [-0.2, 0) is 22.4 Å².